The Kier molecular flexibility index (Phi) is 7.64. The van der Waals surface area contributed by atoms with E-state index in [-0.39, 0.29) is 30.8 Å². The highest BCUT2D eigenvalue weighted by Crippen LogP contribution is 2.23. The number of aromatic nitrogens is 3. The van der Waals surface area contributed by atoms with Gasteiger partial charge in [-0.05, 0) is 57.4 Å². The maximum absolute atomic E-state index is 11.9. The Morgan fingerprint density at radius 1 is 1.33 bits per heavy atom. The van der Waals surface area contributed by atoms with Gasteiger partial charge in [0.05, 0.1) is 32.1 Å². The van der Waals surface area contributed by atoms with Crippen molar-refractivity contribution in [1.29, 1.82) is 0 Å². The van der Waals surface area contributed by atoms with Gasteiger partial charge in [0.2, 0.25) is 0 Å². The van der Waals surface area contributed by atoms with Crippen molar-refractivity contribution in [3.05, 3.63) is 30.5 Å². The molecular formula is C21H31N5O4. The molecule has 0 spiro atoms. The SMILES string of the molecule is COc1ccc(-c2cn(CC[C@@H]3CC[C@H](NC(=O)NC(C)C)[C@@H](CO)O3)nn2)cc1. The topological polar surface area (TPSA) is 111 Å². The van der Waals surface area contributed by atoms with Crippen LogP contribution in [0.4, 0.5) is 4.79 Å². The molecule has 1 aromatic carbocycles. The lowest BCUT2D eigenvalue weighted by Crippen LogP contribution is -2.54. The number of carbonyl (C=O) groups excluding carboxylic acids is 1. The van der Waals surface area contributed by atoms with Gasteiger partial charge < -0.3 is 25.2 Å². The average molecular weight is 418 g/mol. The lowest BCUT2D eigenvalue weighted by molar-refractivity contribution is -0.0908. The van der Waals surface area contributed by atoms with Crippen molar-refractivity contribution in [1.82, 2.24) is 25.6 Å². The predicted octanol–water partition coefficient (Wildman–Crippen LogP) is 1.96. The van der Waals surface area contributed by atoms with Crippen LogP contribution in [0.15, 0.2) is 30.5 Å². The van der Waals surface area contributed by atoms with Crippen LogP contribution < -0.4 is 15.4 Å². The molecule has 3 N–H and O–H groups in total. The second-order valence-electron chi connectivity index (χ2n) is 7.82. The van der Waals surface area contributed by atoms with Crippen molar-refractivity contribution < 1.29 is 19.4 Å². The van der Waals surface area contributed by atoms with Gasteiger partial charge in [0.15, 0.2) is 0 Å². The maximum Gasteiger partial charge on any atom is 0.315 e. The second-order valence-corrected chi connectivity index (χ2v) is 7.82. The largest absolute Gasteiger partial charge is 0.497 e. The summed E-state index contributed by atoms with van der Waals surface area (Å²) in [6, 6.07) is 7.32. The summed E-state index contributed by atoms with van der Waals surface area (Å²) < 4.78 is 13.0. The molecule has 0 radical (unpaired) electrons. The summed E-state index contributed by atoms with van der Waals surface area (Å²) in [5.41, 5.74) is 1.78. The Bertz CT molecular complexity index is 808. The van der Waals surface area contributed by atoms with Crippen LogP contribution in [0.1, 0.15) is 33.1 Å². The molecule has 0 saturated carbocycles. The van der Waals surface area contributed by atoms with Crippen LogP contribution in [-0.2, 0) is 11.3 Å². The van der Waals surface area contributed by atoms with Gasteiger partial charge in [-0.2, -0.15) is 0 Å². The molecule has 30 heavy (non-hydrogen) atoms. The number of benzene rings is 1. The normalized spacial score (nSPS) is 21.4. The van der Waals surface area contributed by atoms with Gasteiger partial charge >= 0.3 is 6.03 Å². The Morgan fingerprint density at radius 3 is 2.77 bits per heavy atom. The van der Waals surface area contributed by atoms with Gasteiger partial charge in [0, 0.05) is 18.2 Å². The van der Waals surface area contributed by atoms with Gasteiger partial charge in [0.1, 0.15) is 17.5 Å². The molecule has 2 amide bonds. The zero-order chi connectivity index (χ0) is 21.5. The van der Waals surface area contributed by atoms with Crippen molar-refractivity contribution in [2.75, 3.05) is 13.7 Å². The van der Waals surface area contributed by atoms with Crippen LogP contribution in [0.3, 0.4) is 0 Å². The lowest BCUT2D eigenvalue weighted by Gasteiger charge is -2.36. The number of hydrogen-bond acceptors (Lipinski definition) is 6. The number of rotatable bonds is 8. The molecule has 1 aromatic heterocycles. The third-order valence-electron chi connectivity index (χ3n) is 5.14. The smallest absolute Gasteiger partial charge is 0.315 e. The van der Waals surface area contributed by atoms with Gasteiger partial charge in [-0.3, -0.25) is 4.68 Å². The van der Waals surface area contributed by atoms with Crippen molar-refractivity contribution in [3.63, 3.8) is 0 Å². The first-order valence-electron chi connectivity index (χ1n) is 10.4. The van der Waals surface area contributed by atoms with E-state index < -0.39 is 6.10 Å². The first-order valence-corrected chi connectivity index (χ1v) is 10.4. The van der Waals surface area contributed by atoms with Crippen molar-refractivity contribution in [2.24, 2.45) is 0 Å². The monoisotopic (exact) mass is 417 g/mol. The maximum atomic E-state index is 11.9. The molecule has 1 aliphatic rings. The molecule has 1 aliphatic heterocycles. The number of ether oxygens (including phenoxy) is 2. The summed E-state index contributed by atoms with van der Waals surface area (Å²) in [5.74, 6) is 0.800. The number of amides is 2. The molecule has 0 aliphatic carbocycles. The molecule has 1 saturated heterocycles. The number of aryl methyl sites for hydroxylation is 1. The van der Waals surface area contributed by atoms with Crippen LogP contribution in [-0.4, -0.2) is 64.1 Å². The predicted molar refractivity (Wildman–Crippen MR) is 112 cm³/mol. The van der Waals surface area contributed by atoms with E-state index in [9.17, 15) is 9.90 Å². The molecule has 0 unspecified atom stereocenters. The lowest BCUT2D eigenvalue weighted by atomic mass is 9.97. The minimum absolute atomic E-state index is 0.00185. The molecule has 2 aromatic rings. The number of hydrogen-bond donors (Lipinski definition) is 3. The van der Waals surface area contributed by atoms with Crippen LogP contribution in [0.2, 0.25) is 0 Å². The highest BCUT2D eigenvalue weighted by Gasteiger charge is 2.31. The van der Waals surface area contributed by atoms with Crippen LogP contribution in [0, 0.1) is 0 Å². The van der Waals surface area contributed by atoms with Gasteiger partial charge in [-0.1, -0.05) is 5.21 Å². The van der Waals surface area contributed by atoms with E-state index in [2.05, 4.69) is 20.9 Å². The first kappa shape index (κ1) is 22.0. The van der Waals surface area contributed by atoms with E-state index in [0.717, 1.165) is 36.3 Å². The molecule has 0 bridgehead atoms. The second kappa shape index (κ2) is 10.4. The number of aliphatic hydroxyl groups is 1. The van der Waals surface area contributed by atoms with E-state index in [4.69, 9.17) is 9.47 Å². The number of aliphatic hydroxyl groups excluding tert-OH is 1. The molecular weight excluding hydrogens is 386 g/mol. The number of nitrogens with one attached hydrogen (secondary N) is 2. The Balaban J connectivity index is 1.49. The number of carbonyl (C=O) groups is 1. The molecule has 9 heteroatoms. The van der Waals surface area contributed by atoms with Crippen molar-refractivity contribution >= 4 is 6.03 Å². The van der Waals surface area contributed by atoms with E-state index in [1.54, 1.807) is 11.8 Å². The Morgan fingerprint density at radius 2 is 2.10 bits per heavy atom. The molecule has 2 heterocycles. The Hall–Kier alpha value is -2.65. The summed E-state index contributed by atoms with van der Waals surface area (Å²) in [6.45, 7) is 4.34. The first-order chi connectivity index (χ1) is 14.5. The quantitative estimate of drug-likeness (QED) is 0.606. The zero-order valence-electron chi connectivity index (χ0n) is 17.7. The highest BCUT2D eigenvalue weighted by atomic mass is 16.5. The molecule has 3 atom stereocenters. The Labute approximate surface area is 176 Å². The van der Waals surface area contributed by atoms with Gasteiger partial charge in [0.25, 0.3) is 0 Å². The average Bonchev–Trinajstić information content (AvgIpc) is 3.21. The fourth-order valence-electron chi connectivity index (χ4n) is 3.56. The fraction of sp³-hybridized carbons (Fsp3) is 0.571. The minimum Gasteiger partial charge on any atom is -0.497 e. The standard InChI is InChI=1S/C21H31N5O4/c1-14(2)22-21(28)23-18-9-8-17(30-20(18)13-27)10-11-26-12-19(24-25-26)15-4-6-16(29-3)7-5-15/h4-7,12,14,17-18,20,27H,8-11,13H2,1-3H3,(H2,22,23,28)/t17-,18-,20+/m0/s1. The third-order valence-corrected chi connectivity index (χ3v) is 5.14. The van der Waals surface area contributed by atoms with Crippen molar-refractivity contribution in [2.45, 2.75) is 63.9 Å². The fourth-order valence-corrected chi connectivity index (χ4v) is 3.56. The summed E-state index contributed by atoms with van der Waals surface area (Å²) in [6.07, 6.45) is 3.83. The highest BCUT2D eigenvalue weighted by molar-refractivity contribution is 5.74. The van der Waals surface area contributed by atoms with Gasteiger partial charge in [-0.15, -0.1) is 5.10 Å². The third kappa shape index (κ3) is 5.93. The van der Waals surface area contributed by atoms with E-state index in [1.807, 2.05) is 44.3 Å². The number of urea groups is 1. The van der Waals surface area contributed by atoms with Gasteiger partial charge in [-0.25, -0.2) is 4.79 Å². The van der Waals surface area contributed by atoms with E-state index >= 15 is 0 Å². The minimum atomic E-state index is -0.410. The zero-order valence-corrected chi connectivity index (χ0v) is 17.7. The summed E-state index contributed by atoms with van der Waals surface area (Å²) in [4.78, 5) is 11.9. The molecule has 164 valence electrons. The van der Waals surface area contributed by atoms with E-state index in [0.29, 0.717) is 6.54 Å². The van der Waals surface area contributed by atoms with Crippen molar-refractivity contribution in [3.8, 4) is 17.0 Å². The molecule has 1 fully saturated rings. The van der Waals surface area contributed by atoms with Crippen LogP contribution in [0.5, 0.6) is 5.75 Å². The summed E-state index contributed by atoms with van der Waals surface area (Å²) in [5, 5.41) is 23.8. The van der Waals surface area contributed by atoms with Crippen LogP contribution >= 0.6 is 0 Å². The summed E-state index contributed by atoms with van der Waals surface area (Å²) in [7, 11) is 1.64. The number of nitrogens with zero attached hydrogens (tertiary/aromatic N) is 3. The van der Waals surface area contributed by atoms with Crippen LogP contribution in [0.25, 0.3) is 11.3 Å². The number of methoxy groups -OCH3 is 1. The molecule has 3 rings (SSSR count). The van der Waals surface area contributed by atoms with E-state index in [1.165, 1.54) is 0 Å². The summed E-state index contributed by atoms with van der Waals surface area (Å²) >= 11 is 0. The molecule has 9 nitrogen and oxygen atoms in total.